The van der Waals surface area contributed by atoms with Crippen LogP contribution < -0.4 is 5.32 Å². The van der Waals surface area contributed by atoms with Crippen molar-refractivity contribution >= 4 is 5.91 Å². The molecule has 0 heterocycles. The van der Waals surface area contributed by atoms with E-state index in [1.807, 2.05) is 6.92 Å². The van der Waals surface area contributed by atoms with Crippen LogP contribution in [0.5, 0.6) is 0 Å². The lowest BCUT2D eigenvalue weighted by atomic mass is 10.2. The monoisotopic (exact) mass is 175 g/mol. The maximum Gasteiger partial charge on any atom is 0.222 e. The minimum atomic E-state index is -0.116. The molecular formula is C8H17NO3. The maximum absolute atomic E-state index is 11.0. The van der Waals surface area contributed by atoms with Crippen LogP contribution in [0.3, 0.4) is 0 Å². The fraction of sp³-hybridized carbons (Fsp3) is 0.875. The number of nitrogens with one attached hydrogen (secondary N) is 1. The van der Waals surface area contributed by atoms with Crippen molar-refractivity contribution < 1.29 is 14.6 Å². The molecule has 0 aromatic heterocycles. The molecule has 0 aliphatic heterocycles. The predicted octanol–water partition coefficient (Wildman–Crippen LogP) is -0.0900. The standard InChI is InChI=1S/C8H17NO3/c1-3-7(6-10)9-8(11)4-5-12-2/h7,10H,3-6H2,1-2H3,(H,9,11)/t7-/m0/s1. The number of hydrogen-bond acceptors (Lipinski definition) is 3. The van der Waals surface area contributed by atoms with Gasteiger partial charge in [-0.3, -0.25) is 4.79 Å². The molecule has 0 fully saturated rings. The van der Waals surface area contributed by atoms with E-state index in [2.05, 4.69) is 5.32 Å². The molecule has 2 N–H and O–H groups in total. The molecule has 0 saturated carbocycles. The van der Waals surface area contributed by atoms with Crippen molar-refractivity contribution in [3.63, 3.8) is 0 Å². The minimum absolute atomic E-state index is 0.00474. The fourth-order valence-electron chi connectivity index (χ4n) is 0.771. The molecule has 0 rings (SSSR count). The van der Waals surface area contributed by atoms with Crippen molar-refractivity contribution in [2.24, 2.45) is 0 Å². The third kappa shape index (κ3) is 5.09. The summed E-state index contributed by atoms with van der Waals surface area (Å²) in [7, 11) is 1.55. The van der Waals surface area contributed by atoms with E-state index in [4.69, 9.17) is 9.84 Å². The van der Waals surface area contributed by atoms with Gasteiger partial charge in [0, 0.05) is 13.5 Å². The van der Waals surface area contributed by atoms with Gasteiger partial charge in [-0.1, -0.05) is 6.92 Å². The highest BCUT2D eigenvalue weighted by Gasteiger charge is 2.07. The topological polar surface area (TPSA) is 58.6 Å². The zero-order valence-electron chi connectivity index (χ0n) is 7.67. The van der Waals surface area contributed by atoms with Gasteiger partial charge in [0.2, 0.25) is 5.91 Å². The molecule has 0 aliphatic rings. The predicted molar refractivity (Wildman–Crippen MR) is 45.8 cm³/mol. The van der Waals surface area contributed by atoms with Crippen molar-refractivity contribution in [2.75, 3.05) is 20.3 Å². The van der Waals surface area contributed by atoms with E-state index in [0.29, 0.717) is 13.0 Å². The summed E-state index contributed by atoms with van der Waals surface area (Å²) in [5.41, 5.74) is 0. The van der Waals surface area contributed by atoms with E-state index in [1.54, 1.807) is 7.11 Å². The van der Waals surface area contributed by atoms with E-state index in [0.717, 1.165) is 6.42 Å². The van der Waals surface area contributed by atoms with Gasteiger partial charge in [-0.25, -0.2) is 0 Å². The molecule has 0 aliphatic carbocycles. The summed E-state index contributed by atoms with van der Waals surface area (Å²) in [6.07, 6.45) is 1.10. The number of methoxy groups -OCH3 is 1. The first-order chi connectivity index (χ1) is 5.74. The highest BCUT2D eigenvalue weighted by molar-refractivity contribution is 5.76. The van der Waals surface area contributed by atoms with Crippen LogP contribution >= 0.6 is 0 Å². The molecule has 4 heteroatoms. The SMILES string of the molecule is CC[C@@H](CO)NC(=O)CCOC. The van der Waals surface area contributed by atoms with Crippen molar-refractivity contribution in [1.29, 1.82) is 0 Å². The van der Waals surface area contributed by atoms with Gasteiger partial charge in [0.25, 0.3) is 0 Å². The maximum atomic E-state index is 11.0. The largest absolute Gasteiger partial charge is 0.394 e. The lowest BCUT2D eigenvalue weighted by Crippen LogP contribution is -2.37. The minimum Gasteiger partial charge on any atom is -0.394 e. The number of carbonyl (C=O) groups is 1. The second-order valence-electron chi connectivity index (χ2n) is 2.60. The molecule has 1 atom stereocenters. The highest BCUT2D eigenvalue weighted by atomic mass is 16.5. The number of ether oxygens (including phenoxy) is 1. The first-order valence-corrected chi connectivity index (χ1v) is 4.13. The Morgan fingerprint density at radius 2 is 2.33 bits per heavy atom. The molecule has 72 valence electrons. The highest BCUT2D eigenvalue weighted by Crippen LogP contribution is 1.90. The van der Waals surface area contributed by atoms with Crippen LogP contribution in [0.2, 0.25) is 0 Å². The third-order valence-corrected chi connectivity index (χ3v) is 1.61. The van der Waals surface area contributed by atoms with Gasteiger partial charge in [-0.2, -0.15) is 0 Å². The zero-order valence-corrected chi connectivity index (χ0v) is 7.67. The van der Waals surface area contributed by atoms with Gasteiger partial charge in [0.05, 0.1) is 19.3 Å². The van der Waals surface area contributed by atoms with Crippen LogP contribution in [0.15, 0.2) is 0 Å². The Kier molecular flexibility index (Phi) is 6.70. The Bertz CT molecular complexity index is 123. The first kappa shape index (κ1) is 11.4. The molecule has 0 unspecified atom stereocenters. The average molecular weight is 175 g/mol. The molecule has 0 aromatic carbocycles. The Morgan fingerprint density at radius 1 is 1.67 bits per heavy atom. The molecule has 4 nitrogen and oxygen atoms in total. The number of carbonyl (C=O) groups excluding carboxylic acids is 1. The lowest BCUT2D eigenvalue weighted by Gasteiger charge is -2.13. The van der Waals surface area contributed by atoms with Crippen molar-refractivity contribution in [3.8, 4) is 0 Å². The Balaban J connectivity index is 3.52. The number of hydrogen-bond donors (Lipinski definition) is 2. The van der Waals surface area contributed by atoms with E-state index in [9.17, 15) is 4.79 Å². The third-order valence-electron chi connectivity index (χ3n) is 1.61. The van der Waals surface area contributed by atoms with Gasteiger partial charge in [-0.15, -0.1) is 0 Å². The second kappa shape index (κ2) is 7.06. The van der Waals surface area contributed by atoms with Gasteiger partial charge in [0.15, 0.2) is 0 Å². The molecular weight excluding hydrogens is 158 g/mol. The average Bonchev–Trinajstić information content (AvgIpc) is 2.10. The lowest BCUT2D eigenvalue weighted by molar-refractivity contribution is -0.123. The van der Waals surface area contributed by atoms with Crippen LogP contribution in [-0.2, 0) is 9.53 Å². The fourth-order valence-corrected chi connectivity index (χ4v) is 0.771. The molecule has 0 aromatic rings. The first-order valence-electron chi connectivity index (χ1n) is 4.13. The van der Waals surface area contributed by atoms with E-state index in [-0.39, 0.29) is 18.6 Å². The summed E-state index contributed by atoms with van der Waals surface area (Å²) in [5.74, 6) is -0.0715. The summed E-state index contributed by atoms with van der Waals surface area (Å²) in [4.78, 5) is 11.0. The van der Waals surface area contributed by atoms with Crippen LogP contribution in [0.1, 0.15) is 19.8 Å². The van der Waals surface area contributed by atoms with E-state index < -0.39 is 0 Å². The van der Waals surface area contributed by atoms with Gasteiger partial charge >= 0.3 is 0 Å². The van der Waals surface area contributed by atoms with Crippen LogP contribution in [0.4, 0.5) is 0 Å². The van der Waals surface area contributed by atoms with Crippen LogP contribution in [0.25, 0.3) is 0 Å². The van der Waals surface area contributed by atoms with E-state index in [1.165, 1.54) is 0 Å². The van der Waals surface area contributed by atoms with Gasteiger partial charge < -0.3 is 15.2 Å². The molecule has 0 bridgehead atoms. The number of aliphatic hydroxyl groups excluding tert-OH is 1. The summed E-state index contributed by atoms with van der Waals surface area (Å²) >= 11 is 0. The molecule has 0 saturated heterocycles. The van der Waals surface area contributed by atoms with Gasteiger partial charge in [-0.05, 0) is 6.42 Å². The van der Waals surface area contributed by atoms with Crippen molar-refractivity contribution in [2.45, 2.75) is 25.8 Å². The molecule has 12 heavy (non-hydrogen) atoms. The number of rotatable bonds is 6. The summed E-state index contributed by atoms with van der Waals surface area (Å²) < 4.78 is 4.74. The van der Waals surface area contributed by atoms with Crippen molar-refractivity contribution in [3.05, 3.63) is 0 Å². The van der Waals surface area contributed by atoms with Crippen LogP contribution in [-0.4, -0.2) is 37.4 Å². The van der Waals surface area contributed by atoms with E-state index >= 15 is 0 Å². The Labute approximate surface area is 72.9 Å². The second-order valence-corrected chi connectivity index (χ2v) is 2.60. The zero-order chi connectivity index (χ0) is 9.40. The molecule has 0 radical (unpaired) electrons. The quantitative estimate of drug-likeness (QED) is 0.593. The van der Waals surface area contributed by atoms with Crippen LogP contribution in [0, 0.1) is 0 Å². The number of amides is 1. The Hall–Kier alpha value is -0.610. The van der Waals surface area contributed by atoms with Crippen molar-refractivity contribution in [1.82, 2.24) is 5.32 Å². The summed E-state index contributed by atoms with van der Waals surface area (Å²) in [5, 5.41) is 11.4. The molecule has 0 spiro atoms. The Morgan fingerprint density at radius 3 is 2.75 bits per heavy atom. The normalized spacial score (nSPS) is 12.6. The summed E-state index contributed by atoms with van der Waals surface area (Å²) in [6, 6.07) is -0.116. The van der Waals surface area contributed by atoms with Gasteiger partial charge in [0.1, 0.15) is 0 Å². The summed E-state index contributed by atoms with van der Waals surface area (Å²) in [6.45, 7) is 2.33. The number of aliphatic hydroxyl groups is 1. The molecule has 1 amide bonds. The smallest absolute Gasteiger partial charge is 0.222 e.